The smallest absolute Gasteiger partial charge is 0.301 e. The first-order chi connectivity index (χ1) is 18.4. The molecule has 188 valence electrons. The fourth-order valence-corrected chi connectivity index (χ4v) is 4.40. The number of hydrazone groups is 1. The Bertz CT molecular complexity index is 1580. The van der Waals surface area contributed by atoms with E-state index < -0.39 is 15.5 Å². The number of nitrogens with one attached hydrogen (secondary N) is 1. The second-order valence-electron chi connectivity index (χ2n) is 8.72. The molecule has 0 aliphatic carbocycles. The summed E-state index contributed by atoms with van der Waals surface area (Å²) in [6.07, 6.45) is 1.59. The summed E-state index contributed by atoms with van der Waals surface area (Å²) < 4.78 is 6.39. The van der Waals surface area contributed by atoms with Crippen LogP contribution in [0.25, 0.3) is 5.76 Å². The minimum absolute atomic E-state index is 0.0303. The number of anilines is 1. The van der Waals surface area contributed by atoms with Gasteiger partial charge in [0.1, 0.15) is 17.2 Å². The maximum atomic E-state index is 11.6. The van der Waals surface area contributed by atoms with Crippen LogP contribution in [0.15, 0.2) is 108 Å². The predicted octanol–water partition coefficient (Wildman–Crippen LogP) is 6.84. The van der Waals surface area contributed by atoms with Crippen molar-refractivity contribution in [2.45, 2.75) is 12.8 Å². The van der Waals surface area contributed by atoms with E-state index in [4.69, 9.17) is 4.74 Å². The molecule has 0 spiro atoms. The molecule has 4 aromatic carbocycles. The Labute approximate surface area is 218 Å². The lowest BCUT2D eigenvalue weighted by atomic mass is 9.81. The molecule has 0 radical (unpaired) electrons. The highest BCUT2D eigenvalue weighted by Crippen LogP contribution is 2.45. The molecule has 4 aromatic rings. The van der Waals surface area contributed by atoms with Crippen LogP contribution in [0.2, 0.25) is 0 Å². The summed E-state index contributed by atoms with van der Waals surface area (Å²) in [6.45, 7) is 2.02. The average Bonchev–Trinajstić information content (AvgIpc) is 2.93. The van der Waals surface area contributed by atoms with Gasteiger partial charge < -0.3 is 4.74 Å². The number of hydrogen-bond acceptors (Lipinski definition) is 7. The van der Waals surface area contributed by atoms with Crippen molar-refractivity contribution in [3.05, 3.63) is 145 Å². The molecule has 5 rings (SSSR count). The van der Waals surface area contributed by atoms with Gasteiger partial charge in [-0.15, -0.1) is 0 Å². The molecule has 0 bridgehead atoms. The molecule has 0 amide bonds. The molecular formula is C29H22N4O5. The number of aryl methyl sites for hydroxylation is 1. The van der Waals surface area contributed by atoms with Gasteiger partial charge in [-0.25, -0.2) is 0 Å². The van der Waals surface area contributed by atoms with Gasteiger partial charge in [-0.1, -0.05) is 78.4 Å². The van der Waals surface area contributed by atoms with E-state index in [0.29, 0.717) is 5.76 Å². The van der Waals surface area contributed by atoms with Crippen LogP contribution in [0.4, 0.5) is 17.1 Å². The monoisotopic (exact) mass is 506 g/mol. The van der Waals surface area contributed by atoms with Crippen LogP contribution >= 0.6 is 0 Å². The number of non-ortho nitro benzene ring substituents is 1. The molecule has 1 aliphatic heterocycles. The van der Waals surface area contributed by atoms with Crippen LogP contribution in [0.1, 0.15) is 28.2 Å². The highest BCUT2D eigenvalue weighted by molar-refractivity contribution is 5.94. The fraction of sp³-hybridized carbons (Fsp3) is 0.0690. The standard InChI is InChI=1S/C29H22N4O5/c1-19-11-13-20(14-12-19)28-23-9-5-6-10-27(23)38-29(21-7-3-2-4-8-21)24(28)18-30-31-25-16-15-22(32(34)35)17-26(25)33(36)37/h2-18,28,31H,1H3/b30-18-. The number of allylic oxidation sites excluding steroid dienone is 1. The van der Waals surface area contributed by atoms with Crippen molar-refractivity contribution in [2.24, 2.45) is 5.10 Å². The van der Waals surface area contributed by atoms with Gasteiger partial charge in [0.15, 0.2) is 0 Å². The van der Waals surface area contributed by atoms with Gasteiger partial charge in [0, 0.05) is 28.7 Å². The summed E-state index contributed by atoms with van der Waals surface area (Å²) in [6, 6.07) is 29.0. The third-order valence-corrected chi connectivity index (χ3v) is 6.24. The van der Waals surface area contributed by atoms with E-state index in [2.05, 4.69) is 22.7 Å². The van der Waals surface area contributed by atoms with E-state index in [-0.39, 0.29) is 17.3 Å². The van der Waals surface area contributed by atoms with Gasteiger partial charge in [0.2, 0.25) is 0 Å². The van der Waals surface area contributed by atoms with E-state index in [0.717, 1.165) is 39.6 Å². The Morgan fingerprint density at radius 3 is 2.29 bits per heavy atom. The lowest BCUT2D eigenvalue weighted by Crippen LogP contribution is -2.17. The Morgan fingerprint density at radius 1 is 0.868 bits per heavy atom. The zero-order valence-electron chi connectivity index (χ0n) is 20.3. The van der Waals surface area contributed by atoms with E-state index >= 15 is 0 Å². The number of benzene rings is 4. The Hall–Kier alpha value is -5.31. The van der Waals surface area contributed by atoms with Crippen LogP contribution in [0, 0.1) is 27.2 Å². The molecule has 0 saturated carbocycles. The number of nitro benzene ring substituents is 2. The summed E-state index contributed by atoms with van der Waals surface area (Å²) >= 11 is 0. The highest BCUT2D eigenvalue weighted by Gasteiger charge is 2.31. The molecule has 1 atom stereocenters. The second kappa shape index (κ2) is 10.4. The first-order valence-electron chi connectivity index (χ1n) is 11.8. The van der Waals surface area contributed by atoms with Gasteiger partial charge in [-0.3, -0.25) is 25.7 Å². The SMILES string of the molecule is Cc1ccc(C2C(/C=N\Nc3ccc([N+](=O)[O-])cc3[N+](=O)[O-])=C(c3ccccc3)Oc3ccccc32)cc1. The van der Waals surface area contributed by atoms with Crippen LogP contribution < -0.4 is 10.2 Å². The van der Waals surface area contributed by atoms with Crippen LogP contribution in [-0.4, -0.2) is 16.1 Å². The lowest BCUT2D eigenvalue weighted by Gasteiger charge is -2.30. The summed E-state index contributed by atoms with van der Waals surface area (Å²) in [5.41, 5.74) is 6.61. The molecule has 9 heteroatoms. The van der Waals surface area contributed by atoms with Gasteiger partial charge in [-0.2, -0.15) is 5.10 Å². The highest BCUT2D eigenvalue weighted by atomic mass is 16.6. The predicted molar refractivity (Wildman–Crippen MR) is 145 cm³/mol. The van der Waals surface area contributed by atoms with Crippen molar-refractivity contribution >= 4 is 29.0 Å². The van der Waals surface area contributed by atoms with Gasteiger partial charge >= 0.3 is 5.69 Å². The van der Waals surface area contributed by atoms with E-state index in [9.17, 15) is 20.2 Å². The van der Waals surface area contributed by atoms with Crippen molar-refractivity contribution in [2.75, 3.05) is 5.43 Å². The molecule has 1 aliphatic rings. The van der Waals surface area contributed by atoms with Crippen LogP contribution in [-0.2, 0) is 0 Å². The maximum Gasteiger partial charge on any atom is 0.301 e. The summed E-state index contributed by atoms with van der Waals surface area (Å²) in [5.74, 6) is 1.11. The molecule has 0 fully saturated rings. The molecular weight excluding hydrogens is 484 g/mol. The lowest BCUT2D eigenvalue weighted by molar-refractivity contribution is -0.393. The normalized spacial score (nSPS) is 14.6. The third-order valence-electron chi connectivity index (χ3n) is 6.24. The van der Waals surface area contributed by atoms with E-state index in [1.807, 2.05) is 73.7 Å². The minimum atomic E-state index is -0.686. The van der Waals surface area contributed by atoms with Crippen molar-refractivity contribution in [3.63, 3.8) is 0 Å². The number of fused-ring (bicyclic) bond motifs is 1. The number of hydrogen-bond donors (Lipinski definition) is 1. The number of nitrogens with zero attached hydrogens (tertiary/aromatic N) is 3. The number of nitro groups is 2. The zero-order valence-corrected chi connectivity index (χ0v) is 20.3. The van der Waals surface area contributed by atoms with Gasteiger partial charge in [0.25, 0.3) is 5.69 Å². The Balaban J connectivity index is 1.62. The molecule has 9 nitrogen and oxygen atoms in total. The molecule has 1 heterocycles. The van der Waals surface area contributed by atoms with Gasteiger partial charge in [-0.05, 0) is 24.6 Å². The number of para-hydroxylation sites is 1. The molecule has 1 N–H and O–H groups in total. The maximum absolute atomic E-state index is 11.6. The summed E-state index contributed by atoms with van der Waals surface area (Å²) in [5, 5.41) is 27.0. The minimum Gasteiger partial charge on any atom is -0.456 e. The quantitative estimate of drug-likeness (QED) is 0.166. The van der Waals surface area contributed by atoms with Crippen molar-refractivity contribution in [1.29, 1.82) is 0 Å². The molecule has 0 saturated heterocycles. The zero-order chi connectivity index (χ0) is 26.6. The first-order valence-corrected chi connectivity index (χ1v) is 11.8. The topological polar surface area (TPSA) is 120 Å². The molecule has 38 heavy (non-hydrogen) atoms. The van der Waals surface area contributed by atoms with Crippen molar-refractivity contribution in [1.82, 2.24) is 0 Å². The molecule has 0 aromatic heterocycles. The third kappa shape index (κ3) is 4.85. The number of ether oxygens (including phenoxy) is 1. The van der Waals surface area contributed by atoms with E-state index in [1.165, 1.54) is 12.1 Å². The van der Waals surface area contributed by atoms with Crippen molar-refractivity contribution in [3.8, 4) is 5.75 Å². The summed E-state index contributed by atoms with van der Waals surface area (Å²) in [7, 11) is 0. The Kier molecular flexibility index (Phi) is 6.65. The summed E-state index contributed by atoms with van der Waals surface area (Å²) in [4.78, 5) is 21.3. The second-order valence-corrected chi connectivity index (χ2v) is 8.72. The fourth-order valence-electron chi connectivity index (χ4n) is 4.40. The average molecular weight is 507 g/mol. The first kappa shape index (κ1) is 24.4. The number of rotatable bonds is 7. The molecule has 1 unspecified atom stereocenters. The van der Waals surface area contributed by atoms with Crippen LogP contribution in [0.3, 0.4) is 0 Å². The largest absolute Gasteiger partial charge is 0.456 e. The van der Waals surface area contributed by atoms with Gasteiger partial charge in [0.05, 0.1) is 22.1 Å². The Morgan fingerprint density at radius 2 is 1.58 bits per heavy atom. The van der Waals surface area contributed by atoms with Crippen LogP contribution in [0.5, 0.6) is 5.75 Å². The van der Waals surface area contributed by atoms with E-state index in [1.54, 1.807) is 6.21 Å². The van der Waals surface area contributed by atoms with Crippen molar-refractivity contribution < 1.29 is 14.6 Å².